The van der Waals surface area contributed by atoms with Crippen LogP contribution >= 0.6 is 11.6 Å². The van der Waals surface area contributed by atoms with Crippen LogP contribution in [0.25, 0.3) is 11.0 Å². The van der Waals surface area contributed by atoms with Crippen molar-refractivity contribution < 1.29 is 32.3 Å². The third kappa shape index (κ3) is 5.23. The molecule has 0 saturated carbocycles. The Morgan fingerprint density at radius 2 is 1.87 bits per heavy atom. The molecule has 3 aromatic heterocycles. The van der Waals surface area contributed by atoms with Crippen LogP contribution in [0.4, 0.5) is 34.4 Å². The van der Waals surface area contributed by atoms with E-state index in [1.165, 1.54) is 26.2 Å². The second-order valence-electron chi connectivity index (χ2n) is 9.71. The Hall–Kier alpha value is -3.87. The SMILES string of the molecule is Cc1cc(C(F)(F)F)cc(N2C(=O)N(C(=O)OC(C)(C)C)C[C@H]2C(=O)N(C)c2ccc3c(Cl)c[nH]c3n2)n1. The summed E-state index contributed by atoms with van der Waals surface area (Å²) in [5.74, 6) is -0.970. The molecule has 10 nitrogen and oxygen atoms in total. The van der Waals surface area contributed by atoms with E-state index in [4.69, 9.17) is 16.3 Å². The molecule has 0 aromatic carbocycles. The Balaban J connectivity index is 1.75. The number of hydrogen-bond donors (Lipinski definition) is 1. The maximum Gasteiger partial charge on any atom is 0.418 e. The quantitative estimate of drug-likeness (QED) is 0.481. The molecule has 1 atom stereocenters. The summed E-state index contributed by atoms with van der Waals surface area (Å²) in [6.07, 6.45) is -4.25. The number of amides is 4. The number of carbonyl (C=O) groups excluding carboxylic acids is 3. The summed E-state index contributed by atoms with van der Waals surface area (Å²) in [4.78, 5) is 53.7. The Bertz CT molecular complexity index is 1430. The number of carbonyl (C=O) groups is 3. The predicted octanol–water partition coefficient (Wildman–Crippen LogP) is 5.15. The summed E-state index contributed by atoms with van der Waals surface area (Å²) in [7, 11) is 1.39. The van der Waals surface area contributed by atoms with Crippen molar-refractivity contribution in [3.8, 4) is 0 Å². The van der Waals surface area contributed by atoms with Gasteiger partial charge in [0.2, 0.25) is 0 Å². The molecule has 1 saturated heterocycles. The van der Waals surface area contributed by atoms with E-state index >= 15 is 0 Å². The summed E-state index contributed by atoms with van der Waals surface area (Å²) in [5.41, 5.74) is -1.66. The number of alkyl halides is 3. The third-order valence-corrected chi connectivity index (χ3v) is 5.98. The lowest BCUT2D eigenvalue weighted by Gasteiger charge is -2.26. The number of H-pyrrole nitrogens is 1. The average Bonchev–Trinajstić information content (AvgIpc) is 3.35. The molecule has 4 heterocycles. The van der Waals surface area contributed by atoms with Crippen molar-refractivity contribution in [2.75, 3.05) is 23.4 Å². The summed E-state index contributed by atoms with van der Waals surface area (Å²) >= 11 is 6.09. The minimum Gasteiger partial charge on any atom is -0.443 e. The number of hydrogen-bond acceptors (Lipinski definition) is 6. The first-order valence-corrected chi connectivity index (χ1v) is 11.8. The summed E-state index contributed by atoms with van der Waals surface area (Å²) in [6, 6.07) is 2.19. The minimum absolute atomic E-state index is 0.0337. The number of urea groups is 1. The highest BCUT2D eigenvalue weighted by molar-refractivity contribution is 6.35. The van der Waals surface area contributed by atoms with Gasteiger partial charge in [-0.1, -0.05) is 11.6 Å². The standard InChI is InChI=1S/C24H24ClF3N6O4/c1-12-8-13(24(26,27)28)9-18(30-12)34-16(11-33(21(34)36)22(37)38-23(2,3)4)20(35)32(5)17-7-6-14-15(25)10-29-19(14)31-17/h6-10,16H,11H2,1-5H3,(H,29,31)/t16-/m0/s1. The van der Waals surface area contributed by atoms with Gasteiger partial charge in [-0.3, -0.25) is 14.6 Å². The summed E-state index contributed by atoms with van der Waals surface area (Å²) < 4.78 is 45.9. The monoisotopic (exact) mass is 552 g/mol. The molecule has 0 aliphatic carbocycles. The second-order valence-corrected chi connectivity index (χ2v) is 10.1. The van der Waals surface area contributed by atoms with Crippen LogP contribution in [0.2, 0.25) is 5.02 Å². The number of imide groups is 1. The van der Waals surface area contributed by atoms with E-state index < -0.39 is 53.8 Å². The summed E-state index contributed by atoms with van der Waals surface area (Å²) in [6.45, 7) is 5.61. The number of halogens is 4. The lowest BCUT2D eigenvalue weighted by atomic mass is 10.2. The number of ether oxygens (including phenoxy) is 1. The van der Waals surface area contributed by atoms with Crippen molar-refractivity contribution in [1.29, 1.82) is 0 Å². The highest BCUT2D eigenvalue weighted by Crippen LogP contribution is 2.34. The van der Waals surface area contributed by atoms with Crippen LogP contribution in [0.1, 0.15) is 32.0 Å². The molecule has 1 aliphatic heterocycles. The highest BCUT2D eigenvalue weighted by Gasteiger charge is 2.48. The summed E-state index contributed by atoms with van der Waals surface area (Å²) in [5, 5.41) is 1.05. The van der Waals surface area contributed by atoms with Gasteiger partial charge in [-0.25, -0.2) is 24.5 Å². The maximum absolute atomic E-state index is 13.7. The van der Waals surface area contributed by atoms with Gasteiger partial charge in [-0.05, 0) is 52.0 Å². The molecule has 1 aliphatic rings. The third-order valence-electron chi connectivity index (χ3n) is 5.66. The van der Waals surface area contributed by atoms with Crippen LogP contribution in [0.3, 0.4) is 0 Å². The number of pyridine rings is 2. The van der Waals surface area contributed by atoms with E-state index in [1.54, 1.807) is 26.8 Å². The predicted molar refractivity (Wildman–Crippen MR) is 133 cm³/mol. The number of anilines is 2. The van der Waals surface area contributed by atoms with E-state index in [0.29, 0.717) is 27.0 Å². The lowest BCUT2D eigenvalue weighted by Crippen LogP contribution is -2.47. The smallest absolute Gasteiger partial charge is 0.418 e. The van der Waals surface area contributed by atoms with Gasteiger partial charge >= 0.3 is 18.3 Å². The minimum atomic E-state index is -4.73. The van der Waals surface area contributed by atoms with Gasteiger partial charge < -0.3 is 9.72 Å². The number of likely N-dealkylation sites (N-methyl/N-ethyl adjacent to an activating group) is 1. The normalized spacial score (nSPS) is 16.3. The van der Waals surface area contributed by atoms with E-state index in [2.05, 4.69) is 15.0 Å². The van der Waals surface area contributed by atoms with Gasteiger partial charge in [-0.15, -0.1) is 0 Å². The zero-order valence-corrected chi connectivity index (χ0v) is 21.8. The van der Waals surface area contributed by atoms with Gasteiger partial charge in [0.1, 0.15) is 28.9 Å². The van der Waals surface area contributed by atoms with Gasteiger partial charge in [0, 0.05) is 24.3 Å². The molecule has 4 rings (SSSR count). The van der Waals surface area contributed by atoms with Gasteiger partial charge in [0.25, 0.3) is 5.91 Å². The van der Waals surface area contributed by atoms with E-state index in [9.17, 15) is 27.6 Å². The van der Waals surface area contributed by atoms with Crippen LogP contribution in [-0.2, 0) is 15.7 Å². The molecule has 1 fully saturated rings. The molecule has 0 unspecified atom stereocenters. The molecule has 0 bridgehead atoms. The number of aromatic nitrogens is 3. The lowest BCUT2D eigenvalue weighted by molar-refractivity contribution is -0.137. The van der Waals surface area contributed by atoms with E-state index in [-0.39, 0.29) is 11.5 Å². The second kappa shape index (κ2) is 9.46. The van der Waals surface area contributed by atoms with Crippen molar-refractivity contribution in [1.82, 2.24) is 19.9 Å². The van der Waals surface area contributed by atoms with E-state index in [0.717, 1.165) is 15.9 Å². The first kappa shape index (κ1) is 27.2. The Kier molecular flexibility index (Phi) is 6.76. The van der Waals surface area contributed by atoms with Crippen molar-refractivity contribution in [3.05, 3.63) is 46.7 Å². The van der Waals surface area contributed by atoms with Crippen LogP contribution in [0, 0.1) is 6.92 Å². The van der Waals surface area contributed by atoms with Crippen molar-refractivity contribution in [2.45, 2.75) is 45.5 Å². The fraction of sp³-hybridized carbons (Fsp3) is 0.375. The molecule has 1 N–H and O–H groups in total. The zero-order chi connectivity index (χ0) is 28.2. The molecule has 38 heavy (non-hydrogen) atoms. The number of rotatable bonds is 3. The van der Waals surface area contributed by atoms with Gasteiger partial charge in [0.15, 0.2) is 0 Å². The van der Waals surface area contributed by atoms with Crippen molar-refractivity contribution in [2.24, 2.45) is 0 Å². The maximum atomic E-state index is 13.7. The Labute approximate surface area is 220 Å². The molecular weight excluding hydrogens is 529 g/mol. The Morgan fingerprint density at radius 1 is 1.18 bits per heavy atom. The van der Waals surface area contributed by atoms with E-state index in [1.807, 2.05) is 0 Å². The largest absolute Gasteiger partial charge is 0.443 e. The first-order valence-electron chi connectivity index (χ1n) is 11.4. The molecule has 4 amide bonds. The Morgan fingerprint density at radius 3 is 2.50 bits per heavy atom. The van der Waals surface area contributed by atoms with Crippen LogP contribution in [-0.4, -0.2) is 63.1 Å². The fourth-order valence-electron chi connectivity index (χ4n) is 3.93. The molecule has 202 valence electrons. The molecule has 0 radical (unpaired) electrons. The highest BCUT2D eigenvalue weighted by atomic mass is 35.5. The zero-order valence-electron chi connectivity index (χ0n) is 21.1. The van der Waals surface area contributed by atoms with Gasteiger partial charge in [-0.2, -0.15) is 13.2 Å². The molecule has 0 spiro atoms. The van der Waals surface area contributed by atoms with Crippen LogP contribution in [0.5, 0.6) is 0 Å². The van der Waals surface area contributed by atoms with Crippen molar-refractivity contribution in [3.63, 3.8) is 0 Å². The topological polar surface area (TPSA) is 112 Å². The molecular formula is C24H24ClF3N6O4. The number of nitrogens with one attached hydrogen (secondary N) is 1. The van der Waals surface area contributed by atoms with Crippen molar-refractivity contribution >= 4 is 52.3 Å². The number of nitrogens with zero attached hydrogens (tertiary/aromatic N) is 5. The average molecular weight is 553 g/mol. The number of aryl methyl sites for hydroxylation is 1. The van der Waals surface area contributed by atoms with Gasteiger partial charge in [0.05, 0.1) is 17.1 Å². The van der Waals surface area contributed by atoms with Crippen LogP contribution in [0.15, 0.2) is 30.5 Å². The molecule has 14 heteroatoms. The number of fused-ring (bicyclic) bond motifs is 1. The first-order chi connectivity index (χ1) is 17.6. The fourth-order valence-corrected chi connectivity index (χ4v) is 4.14. The number of aromatic amines is 1. The molecule has 3 aromatic rings. The van der Waals surface area contributed by atoms with Crippen LogP contribution < -0.4 is 9.80 Å².